The SMILES string of the molecule is CC(=O)NC(Cc1c[nH]c2ccccc12)C(=O)NCC1CN(Cc2ccccc2)CCO1. The second-order valence-corrected chi connectivity index (χ2v) is 8.28. The molecule has 2 heterocycles. The minimum Gasteiger partial charge on any atom is -0.374 e. The number of H-pyrrole nitrogens is 1. The van der Waals surface area contributed by atoms with E-state index in [1.54, 1.807) is 0 Å². The van der Waals surface area contributed by atoms with Gasteiger partial charge in [-0.25, -0.2) is 0 Å². The third-order valence-electron chi connectivity index (χ3n) is 5.77. The number of carbonyl (C=O) groups is 2. The largest absolute Gasteiger partial charge is 0.374 e. The molecule has 1 saturated heterocycles. The highest BCUT2D eigenvalue weighted by molar-refractivity contribution is 5.89. The van der Waals surface area contributed by atoms with Gasteiger partial charge in [0.2, 0.25) is 11.8 Å². The van der Waals surface area contributed by atoms with E-state index in [-0.39, 0.29) is 17.9 Å². The first kappa shape index (κ1) is 22.0. The summed E-state index contributed by atoms with van der Waals surface area (Å²) in [4.78, 5) is 30.3. The minimum absolute atomic E-state index is 0.0810. The highest BCUT2D eigenvalue weighted by Crippen LogP contribution is 2.19. The molecule has 1 fully saturated rings. The Bertz CT molecular complexity index is 1050. The maximum atomic E-state index is 13.0. The molecule has 0 spiro atoms. The monoisotopic (exact) mass is 434 g/mol. The van der Waals surface area contributed by atoms with Gasteiger partial charge in [-0.15, -0.1) is 0 Å². The van der Waals surface area contributed by atoms with Gasteiger partial charge < -0.3 is 20.4 Å². The first-order chi connectivity index (χ1) is 15.6. The molecule has 3 N–H and O–H groups in total. The first-order valence-electron chi connectivity index (χ1n) is 11.1. The van der Waals surface area contributed by atoms with Crippen molar-refractivity contribution >= 4 is 22.7 Å². The van der Waals surface area contributed by atoms with Crippen LogP contribution < -0.4 is 10.6 Å². The van der Waals surface area contributed by atoms with Crippen molar-refractivity contribution in [3.63, 3.8) is 0 Å². The van der Waals surface area contributed by atoms with Crippen molar-refractivity contribution in [2.45, 2.75) is 32.0 Å². The molecule has 1 aromatic heterocycles. The third kappa shape index (κ3) is 5.75. The summed E-state index contributed by atoms with van der Waals surface area (Å²) in [6.07, 6.45) is 2.24. The van der Waals surface area contributed by atoms with Crippen molar-refractivity contribution in [2.24, 2.45) is 0 Å². The fraction of sp³-hybridized carbons (Fsp3) is 0.360. The van der Waals surface area contributed by atoms with Gasteiger partial charge in [0.15, 0.2) is 0 Å². The number of ether oxygens (including phenoxy) is 1. The molecule has 2 unspecified atom stereocenters. The van der Waals surface area contributed by atoms with Gasteiger partial charge in [0.05, 0.1) is 12.7 Å². The average Bonchev–Trinajstić information content (AvgIpc) is 3.20. The molecule has 2 atom stereocenters. The predicted molar refractivity (Wildman–Crippen MR) is 124 cm³/mol. The summed E-state index contributed by atoms with van der Waals surface area (Å²) >= 11 is 0. The molecular formula is C25H30N4O3. The lowest BCUT2D eigenvalue weighted by atomic mass is 10.0. The van der Waals surface area contributed by atoms with Crippen molar-refractivity contribution in [3.8, 4) is 0 Å². The molecule has 2 amide bonds. The molecule has 32 heavy (non-hydrogen) atoms. The van der Waals surface area contributed by atoms with Crippen LogP contribution in [0, 0.1) is 0 Å². The topological polar surface area (TPSA) is 86.5 Å². The molecule has 0 bridgehead atoms. The second-order valence-electron chi connectivity index (χ2n) is 8.28. The summed E-state index contributed by atoms with van der Waals surface area (Å²) in [5, 5.41) is 6.84. The van der Waals surface area contributed by atoms with Crippen LogP contribution in [0.1, 0.15) is 18.1 Å². The highest BCUT2D eigenvalue weighted by Gasteiger charge is 2.25. The number of aromatic nitrogens is 1. The van der Waals surface area contributed by atoms with E-state index in [4.69, 9.17) is 4.74 Å². The third-order valence-corrected chi connectivity index (χ3v) is 5.77. The number of amides is 2. The Morgan fingerprint density at radius 1 is 1.16 bits per heavy atom. The van der Waals surface area contributed by atoms with Crippen molar-refractivity contribution in [1.82, 2.24) is 20.5 Å². The average molecular weight is 435 g/mol. The van der Waals surface area contributed by atoms with Crippen molar-refractivity contribution < 1.29 is 14.3 Å². The lowest BCUT2D eigenvalue weighted by Gasteiger charge is -2.33. The van der Waals surface area contributed by atoms with E-state index in [1.807, 2.05) is 48.7 Å². The summed E-state index contributed by atoms with van der Waals surface area (Å²) in [6.45, 7) is 4.97. The molecule has 2 aromatic carbocycles. The van der Waals surface area contributed by atoms with E-state index in [0.29, 0.717) is 19.6 Å². The first-order valence-corrected chi connectivity index (χ1v) is 11.1. The predicted octanol–water partition coefficient (Wildman–Crippen LogP) is 2.23. The summed E-state index contributed by atoms with van der Waals surface area (Å²) in [5.41, 5.74) is 3.28. The van der Waals surface area contributed by atoms with Crippen molar-refractivity contribution in [3.05, 3.63) is 71.9 Å². The Kier molecular flexibility index (Phi) is 7.19. The van der Waals surface area contributed by atoms with Crippen molar-refractivity contribution in [2.75, 3.05) is 26.2 Å². The number of fused-ring (bicyclic) bond motifs is 1. The Morgan fingerprint density at radius 3 is 2.75 bits per heavy atom. The molecule has 1 aliphatic heterocycles. The molecule has 168 valence electrons. The number of benzene rings is 2. The standard InChI is InChI=1S/C25H30N4O3/c1-18(30)28-24(13-20-14-26-23-10-6-5-9-22(20)23)25(31)27-15-21-17-29(11-12-32-21)16-19-7-3-2-4-8-19/h2-10,14,21,24,26H,11-13,15-17H2,1H3,(H,27,31)(H,28,30). The fourth-order valence-corrected chi connectivity index (χ4v) is 4.20. The zero-order chi connectivity index (χ0) is 22.3. The van der Waals surface area contributed by atoms with E-state index in [1.165, 1.54) is 12.5 Å². The van der Waals surface area contributed by atoms with Crippen LogP contribution in [0.3, 0.4) is 0 Å². The number of nitrogens with zero attached hydrogens (tertiary/aromatic N) is 1. The zero-order valence-electron chi connectivity index (χ0n) is 18.3. The Hall–Kier alpha value is -3.16. The number of hydrogen-bond donors (Lipinski definition) is 3. The normalized spacial score (nSPS) is 17.7. The van der Waals surface area contributed by atoms with Gasteiger partial charge in [-0.05, 0) is 17.2 Å². The molecule has 7 heteroatoms. The van der Waals surface area contributed by atoms with Crippen LogP contribution in [0.15, 0.2) is 60.8 Å². The summed E-state index contributed by atoms with van der Waals surface area (Å²) in [7, 11) is 0. The highest BCUT2D eigenvalue weighted by atomic mass is 16.5. The molecule has 0 radical (unpaired) electrons. The van der Waals surface area contributed by atoms with Gasteiger partial charge in [0.25, 0.3) is 0 Å². The van der Waals surface area contributed by atoms with Crippen LogP contribution in [0.4, 0.5) is 0 Å². The lowest BCUT2D eigenvalue weighted by Crippen LogP contribution is -2.52. The van der Waals surface area contributed by atoms with Gasteiger partial charge in [-0.2, -0.15) is 0 Å². The number of para-hydroxylation sites is 1. The maximum Gasteiger partial charge on any atom is 0.243 e. The summed E-state index contributed by atoms with van der Waals surface area (Å²) in [6, 6.07) is 17.6. The van der Waals surface area contributed by atoms with E-state index in [2.05, 4.69) is 32.7 Å². The van der Waals surface area contributed by atoms with Crippen LogP contribution >= 0.6 is 0 Å². The van der Waals surface area contributed by atoms with Crippen LogP contribution in [-0.2, 0) is 27.3 Å². The van der Waals surface area contributed by atoms with Gasteiger partial charge in [0.1, 0.15) is 6.04 Å². The van der Waals surface area contributed by atoms with Crippen LogP contribution in [0.2, 0.25) is 0 Å². The van der Waals surface area contributed by atoms with E-state index < -0.39 is 6.04 Å². The van der Waals surface area contributed by atoms with E-state index >= 15 is 0 Å². The number of morpholine rings is 1. The van der Waals surface area contributed by atoms with Gasteiger partial charge in [-0.3, -0.25) is 14.5 Å². The van der Waals surface area contributed by atoms with Gasteiger partial charge in [-0.1, -0.05) is 48.5 Å². The Morgan fingerprint density at radius 2 is 1.94 bits per heavy atom. The van der Waals surface area contributed by atoms with Crippen molar-refractivity contribution in [1.29, 1.82) is 0 Å². The number of rotatable bonds is 8. The summed E-state index contributed by atoms with van der Waals surface area (Å²) < 4.78 is 5.87. The minimum atomic E-state index is -0.643. The fourth-order valence-electron chi connectivity index (χ4n) is 4.20. The maximum absolute atomic E-state index is 13.0. The molecule has 4 rings (SSSR count). The number of hydrogen-bond acceptors (Lipinski definition) is 4. The Balaban J connectivity index is 1.34. The summed E-state index contributed by atoms with van der Waals surface area (Å²) in [5.74, 6) is -0.429. The van der Waals surface area contributed by atoms with Crippen LogP contribution in [-0.4, -0.2) is 60.1 Å². The van der Waals surface area contributed by atoms with Gasteiger partial charge >= 0.3 is 0 Å². The molecule has 7 nitrogen and oxygen atoms in total. The molecule has 0 saturated carbocycles. The smallest absolute Gasteiger partial charge is 0.243 e. The number of nitrogens with one attached hydrogen (secondary N) is 3. The van der Waals surface area contributed by atoms with Gasteiger partial charge in [0, 0.05) is 56.6 Å². The van der Waals surface area contributed by atoms with Crippen LogP contribution in [0.25, 0.3) is 10.9 Å². The van der Waals surface area contributed by atoms with E-state index in [0.717, 1.165) is 36.1 Å². The zero-order valence-corrected chi connectivity index (χ0v) is 18.3. The Labute approximate surface area is 188 Å². The molecule has 3 aromatic rings. The lowest BCUT2D eigenvalue weighted by molar-refractivity contribution is -0.128. The van der Waals surface area contributed by atoms with Crippen LogP contribution in [0.5, 0.6) is 0 Å². The molecule has 1 aliphatic rings. The number of aromatic amines is 1. The molecular weight excluding hydrogens is 404 g/mol. The van der Waals surface area contributed by atoms with E-state index in [9.17, 15) is 9.59 Å². The number of carbonyl (C=O) groups excluding carboxylic acids is 2. The molecule has 0 aliphatic carbocycles. The quantitative estimate of drug-likeness (QED) is 0.508. The second kappa shape index (κ2) is 10.4.